The first-order valence-electron chi connectivity index (χ1n) is 9.72. The Labute approximate surface area is 180 Å². The van der Waals surface area contributed by atoms with Crippen LogP contribution in [0.5, 0.6) is 0 Å². The smallest absolute Gasteiger partial charge is 0.328 e. The molecule has 164 valence electrons. The molecule has 0 saturated heterocycles. The van der Waals surface area contributed by atoms with Gasteiger partial charge in [-0.25, -0.2) is 14.8 Å². The van der Waals surface area contributed by atoms with Gasteiger partial charge in [0.15, 0.2) is 5.82 Å². The number of amides is 2. The summed E-state index contributed by atoms with van der Waals surface area (Å²) < 4.78 is 0. The Morgan fingerprint density at radius 3 is 2.03 bits per heavy atom. The van der Waals surface area contributed by atoms with Crippen molar-refractivity contribution in [1.82, 2.24) is 20.6 Å². The topological polar surface area (TPSA) is 145 Å². The van der Waals surface area contributed by atoms with Crippen LogP contribution in [-0.2, 0) is 14.4 Å². The van der Waals surface area contributed by atoms with Crippen LogP contribution in [0.2, 0.25) is 0 Å². The quantitative estimate of drug-likeness (QED) is 0.266. The van der Waals surface area contributed by atoms with Crippen molar-refractivity contribution in [3.63, 3.8) is 0 Å². The predicted molar refractivity (Wildman–Crippen MR) is 118 cm³/mol. The molecule has 1 aromatic heterocycles. The van der Waals surface area contributed by atoms with Gasteiger partial charge in [0, 0.05) is 56.4 Å². The van der Waals surface area contributed by atoms with E-state index in [0.717, 1.165) is 23.3 Å². The number of anilines is 2. The predicted octanol–water partition coefficient (Wildman–Crippen LogP) is 1.17. The highest BCUT2D eigenvalue weighted by Gasteiger charge is 2.12. The summed E-state index contributed by atoms with van der Waals surface area (Å²) in [7, 11) is 0. The third kappa shape index (κ3) is 8.13. The van der Waals surface area contributed by atoms with Gasteiger partial charge in [-0.05, 0) is 6.92 Å². The highest BCUT2D eigenvalue weighted by atomic mass is 16.4. The summed E-state index contributed by atoms with van der Waals surface area (Å²) in [6, 6.07) is 9.52. The molecule has 2 rings (SSSR count). The van der Waals surface area contributed by atoms with Gasteiger partial charge in [-0.1, -0.05) is 30.3 Å². The van der Waals surface area contributed by atoms with Crippen LogP contribution in [0.25, 0.3) is 11.4 Å². The highest BCUT2D eigenvalue weighted by Crippen LogP contribution is 2.24. The molecule has 0 aliphatic heterocycles. The molecular formula is C21H26N6O4. The molecule has 1 heterocycles. The SMILES string of the molecule is CC(=O)NCCNc1nc(-c2ccccc2)nc(NCCNC(=O)C=CC(=O)O)c1C. The Hall–Kier alpha value is -3.95. The van der Waals surface area contributed by atoms with E-state index in [1.54, 1.807) is 0 Å². The maximum absolute atomic E-state index is 11.6. The number of carbonyl (C=O) groups excluding carboxylic acids is 2. The number of nitrogens with zero attached hydrogens (tertiary/aromatic N) is 2. The van der Waals surface area contributed by atoms with Crippen molar-refractivity contribution in [2.45, 2.75) is 13.8 Å². The van der Waals surface area contributed by atoms with Crippen molar-refractivity contribution in [3.8, 4) is 11.4 Å². The maximum atomic E-state index is 11.6. The minimum absolute atomic E-state index is 0.103. The van der Waals surface area contributed by atoms with E-state index in [4.69, 9.17) is 5.11 Å². The summed E-state index contributed by atoms with van der Waals surface area (Å²) in [5.74, 6) is -0.00921. The number of hydrogen-bond acceptors (Lipinski definition) is 7. The summed E-state index contributed by atoms with van der Waals surface area (Å²) >= 11 is 0. The summed E-state index contributed by atoms with van der Waals surface area (Å²) in [4.78, 5) is 42.3. The molecule has 0 saturated carbocycles. The lowest BCUT2D eigenvalue weighted by molar-refractivity contribution is -0.131. The lowest BCUT2D eigenvalue weighted by atomic mass is 10.2. The first-order valence-corrected chi connectivity index (χ1v) is 9.72. The Morgan fingerprint density at radius 2 is 1.48 bits per heavy atom. The number of rotatable bonds is 11. The van der Waals surface area contributed by atoms with Crippen LogP contribution in [0.3, 0.4) is 0 Å². The first kappa shape index (κ1) is 23.3. The first-order chi connectivity index (χ1) is 14.9. The van der Waals surface area contributed by atoms with Crippen molar-refractivity contribution >= 4 is 29.4 Å². The van der Waals surface area contributed by atoms with E-state index in [1.807, 2.05) is 37.3 Å². The number of carboxylic acid groups (broad SMARTS) is 1. The standard InChI is InChI=1S/C21H26N6O4/c1-14-19(24-12-10-22-15(2)28)26-21(16-6-4-3-5-7-16)27-20(14)25-13-11-23-17(29)8-9-18(30)31/h3-9H,10-13H2,1-2H3,(H,22,28)(H,23,29)(H,30,31)(H2,24,25,26,27). The lowest BCUT2D eigenvalue weighted by Gasteiger charge is -2.15. The van der Waals surface area contributed by atoms with Crippen molar-refractivity contribution in [3.05, 3.63) is 48.0 Å². The zero-order valence-corrected chi connectivity index (χ0v) is 17.4. The molecule has 2 amide bonds. The summed E-state index contributed by atoms with van der Waals surface area (Å²) in [5.41, 5.74) is 1.64. The van der Waals surface area contributed by atoms with Crippen LogP contribution in [0.1, 0.15) is 12.5 Å². The lowest BCUT2D eigenvalue weighted by Crippen LogP contribution is -2.28. The number of aromatic nitrogens is 2. The van der Waals surface area contributed by atoms with Gasteiger partial charge >= 0.3 is 5.97 Å². The second kappa shape index (κ2) is 11.9. The number of benzene rings is 1. The van der Waals surface area contributed by atoms with Crippen LogP contribution in [0.15, 0.2) is 42.5 Å². The molecule has 0 spiro atoms. The Kier molecular flexibility index (Phi) is 8.96. The maximum Gasteiger partial charge on any atom is 0.328 e. The van der Waals surface area contributed by atoms with Crippen LogP contribution >= 0.6 is 0 Å². The Bertz CT molecular complexity index is 946. The van der Waals surface area contributed by atoms with Crippen LogP contribution in [-0.4, -0.2) is 59.0 Å². The second-order valence-corrected chi connectivity index (χ2v) is 6.53. The molecule has 5 N–H and O–H groups in total. The van der Waals surface area contributed by atoms with Gasteiger partial charge in [0.25, 0.3) is 0 Å². The number of hydrogen-bond donors (Lipinski definition) is 5. The highest BCUT2D eigenvalue weighted by molar-refractivity contribution is 5.93. The minimum atomic E-state index is -1.18. The Balaban J connectivity index is 2.09. The monoisotopic (exact) mass is 426 g/mol. The second-order valence-electron chi connectivity index (χ2n) is 6.53. The largest absolute Gasteiger partial charge is 0.478 e. The van der Waals surface area contributed by atoms with Gasteiger partial charge in [0.2, 0.25) is 11.8 Å². The van der Waals surface area contributed by atoms with E-state index in [0.29, 0.717) is 37.1 Å². The fourth-order valence-electron chi connectivity index (χ4n) is 2.57. The van der Waals surface area contributed by atoms with Gasteiger partial charge < -0.3 is 26.4 Å². The molecule has 0 unspecified atom stereocenters. The summed E-state index contributed by atoms with van der Waals surface area (Å²) in [6.45, 7) is 4.94. The molecule has 10 heteroatoms. The van der Waals surface area contributed by atoms with E-state index >= 15 is 0 Å². The van der Waals surface area contributed by atoms with E-state index in [-0.39, 0.29) is 12.5 Å². The fraction of sp³-hybridized carbons (Fsp3) is 0.286. The van der Waals surface area contributed by atoms with E-state index in [1.165, 1.54) is 6.92 Å². The minimum Gasteiger partial charge on any atom is -0.478 e. The van der Waals surface area contributed by atoms with Gasteiger partial charge in [-0.3, -0.25) is 9.59 Å². The van der Waals surface area contributed by atoms with Crippen molar-refractivity contribution in [2.24, 2.45) is 0 Å². The summed E-state index contributed by atoms with van der Waals surface area (Å²) in [6.07, 6.45) is 1.74. The Morgan fingerprint density at radius 1 is 0.903 bits per heavy atom. The van der Waals surface area contributed by atoms with Gasteiger partial charge in [-0.2, -0.15) is 0 Å². The molecule has 10 nitrogen and oxygen atoms in total. The molecule has 0 bridgehead atoms. The van der Waals surface area contributed by atoms with E-state index in [2.05, 4.69) is 31.2 Å². The number of carbonyl (C=O) groups is 3. The molecule has 31 heavy (non-hydrogen) atoms. The molecule has 0 aliphatic carbocycles. The van der Waals surface area contributed by atoms with E-state index in [9.17, 15) is 14.4 Å². The third-order valence-electron chi connectivity index (χ3n) is 4.06. The van der Waals surface area contributed by atoms with Crippen LogP contribution in [0.4, 0.5) is 11.6 Å². The fourth-order valence-corrected chi connectivity index (χ4v) is 2.57. The molecule has 1 aromatic carbocycles. The van der Waals surface area contributed by atoms with Crippen molar-refractivity contribution in [2.75, 3.05) is 36.8 Å². The summed E-state index contributed by atoms with van der Waals surface area (Å²) in [5, 5.41) is 20.2. The van der Waals surface area contributed by atoms with Crippen molar-refractivity contribution < 1.29 is 19.5 Å². The normalized spacial score (nSPS) is 10.5. The number of aliphatic carboxylic acids is 1. The average molecular weight is 426 g/mol. The van der Waals surface area contributed by atoms with Gasteiger partial charge in [-0.15, -0.1) is 0 Å². The zero-order valence-electron chi connectivity index (χ0n) is 17.4. The van der Waals surface area contributed by atoms with Gasteiger partial charge in [0.1, 0.15) is 11.6 Å². The molecular weight excluding hydrogens is 400 g/mol. The third-order valence-corrected chi connectivity index (χ3v) is 4.06. The van der Waals surface area contributed by atoms with Crippen molar-refractivity contribution in [1.29, 1.82) is 0 Å². The average Bonchev–Trinajstić information content (AvgIpc) is 2.75. The van der Waals surface area contributed by atoms with Crippen LogP contribution in [0, 0.1) is 6.92 Å². The van der Waals surface area contributed by atoms with Gasteiger partial charge in [0.05, 0.1) is 0 Å². The zero-order chi connectivity index (χ0) is 22.6. The molecule has 0 radical (unpaired) electrons. The number of carboxylic acids is 1. The molecule has 0 atom stereocenters. The molecule has 2 aromatic rings. The molecule has 0 fully saturated rings. The number of nitrogens with one attached hydrogen (secondary N) is 4. The van der Waals surface area contributed by atoms with Crippen LogP contribution < -0.4 is 21.3 Å². The van der Waals surface area contributed by atoms with E-state index < -0.39 is 11.9 Å². The molecule has 0 aliphatic rings.